The van der Waals surface area contributed by atoms with Gasteiger partial charge in [0, 0.05) is 23.8 Å². The van der Waals surface area contributed by atoms with Crippen molar-refractivity contribution in [2.45, 2.75) is 6.42 Å². The minimum atomic E-state index is -0.494. The fourth-order valence-corrected chi connectivity index (χ4v) is 3.42. The number of carbonyl (C=O) groups excluding carboxylic acids is 1. The van der Waals surface area contributed by atoms with E-state index in [0.29, 0.717) is 21.7 Å². The summed E-state index contributed by atoms with van der Waals surface area (Å²) in [6, 6.07) is 12.9. The zero-order valence-electron chi connectivity index (χ0n) is 14.2. The fourth-order valence-electron chi connectivity index (χ4n) is 2.33. The monoisotopic (exact) mass is 400 g/mol. The van der Waals surface area contributed by atoms with E-state index in [0.717, 1.165) is 5.69 Å². The molecule has 1 amide bonds. The van der Waals surface area contributed by atoms with Crippen LogP contribution in [0.5, 0.6) is 0 Å². The normalized spacial score (nSPS) is 11.3. The third-order valence-corrected chi connectivity index (χ3v) is 5.04. The molecule has 1 aromatic heterocycles. The maximum Gasteiger partial charge on any atom is 0.230 e. The topological polar surface area (TPSA) is 70.2 Å². The number of halogens is 2. The van der Waals surface area contributed by atoms with E-state index in [4.69, 9.17) is 16.9 Å². The summed E-state index contributed by atoms with van der Waals surface area (Å²) in [5.41, 5.74) is 2.48. The minimum absolute atomic E-state index is 0.0116. The zero-order valence-corrected chi connectivity index (χ0v) is 15.8. The molecule has 2 aromatic carbocycles. The van der Waals surface area contributed by atoms with E-state index in [2.05, 4.69) is 10.3 Å². The number of nitrogens with zero attached hydrogens (tertiary/aromatic N) is 3. The summed E-state index contributed by atoms with van der Waals surface area (Å²) in [6.07, 6.45) is 0.173. The van der Waals surface area contributed by atoms with Crippen LogP contribution in [0.15, 0.2) is 52.8 Å². The van der Waals surface area contributed by atoms with Crippen LogP contribution in [-0.4, -0.2) is 10.5 Å². The lowest BCUT2D eigenvalue weighted by atomic mass is 10.2. The number of hydrogen-bond acceptors (Lipinski definition) is 4. The SMILES string of the molecule is Cn1c(CC(=O)Nc2ccc(C#N)cc2)csc1=Nc1ccc(F)c(Cl)c1. The summed E-state index contributed by atoms with van der Waals surface area (Å²) >= 11 is 7.16. The second kappa shape index (κ2) is 8.16. The van der Waals surface area contributed by atoms with Gasteiger partial charge in [0.15, 0.2) is 4.80 Å². The maximum absolute atomic E-state index is 13.2. The van der Waals surface area contributed by atoms with E-state index in [1.807, 2.05) is 18.5 Å². The summed E-state index contributed by atoms with van der Waals surface area (Å²) in [6.45, 7) is 0. The van der Waals surface area contributed by atoms with Crippen molar-refractivity contribution in [1.82, 2.24) is 4.57 Å². The number of amides is 1. The summed E-state index contributed by atoms with van der Waals surface area (Å²) < 4.78 is 15.1. The standard InChI is InChI=1S/C19H14ClFN4OS/c1-25-15(9-18(26)23-13-4-2-12(10-22)3-5-13)11-27-19(25)24-14-6-7-17(21)16(20)8-14/h2-8,11H,9H2,1H3,(H,23,26). The Labute approximate surface area is 164 Å². The number of rotatable bonds is 4. The molecule has 1 heterocycles. The van der Waals surface area contributed by atoms with Crippen molar-refractivity contribution in [3.8, 4) is 6.07 Å². The largest absolute Gasteiger partial charge is 0.326 e. The van der Waals surface area contributed by atoms with E-state index < -0.39 is 5.82 Å². The molecular weight excluding hydrogens is 387 g/mol. The highest BCUT2D eigenvalue weighted by Gasteiger charge is 2.09. The average molecular weight is 401 g/mol. The van der Waals surface area contributed by atoms with Gasteiger partial charge in [-0.1, -0.05) is 11.6 Å². The second-order valence-corrected chi connectivity index (χ2v) is 6.94. The maximum atomic E-state index is 13.2. The number of hydrogen-bond donors (Lipinski definition) is 1. The lowest BCUT2D eigenvalue weighted by Gasteiger charge is -2.06. The molecule has 3 rings (SSSR count). The van der Waals surface area contributed by atoms with Gasteiger partial charge >= 0.3 is 0 Å². The first-order valence-corrected chi connectivity index (χ1v) is 9.15. The Bertz CT molecular complexity index is 1100. The van der Waals surface area contributed by atoms with Crippen LogP contribution in [0.25, 0.3) is 0 Å². The van der Waals surface area contributed by atoms with E-state index in [1.54, 1.807) is 28.8 Å². The number of anilines is 1. The summed E-state index contributed by atoms with van der Waals surface area (Å²) in [5.74, 6) is -0.671. The third kappa shape index (κ3) is 4.61. The van der Waals surface area contributed by atoms with Crippen molar-refractivity contribution in [3.05, 3.63) is 74.7 Å². The number of thiazole rings is 1. The van der Waals surface area contributed by atoms with Crippen LogP contribution in [-0.2, 0) is 18.3 Å². The van der Waals surface area contributed by atoms with E-state index in [9.17, 15) is 9.18 Å². The Morgan fingerprint density at radius 2 is 2.07 bits per heavy atom. The van der Waals surface area contributed by atoms with Gasteiger partial charge < -0.3 is 9.88 Å². The molecule has 0 fully saturated rings. The van der Waals surface area contributed by atoms with Crippen LogP contribution >= 0.6 is 22.9 Å². The van der Waals surface area contributed by atoms with Crippen LogP contribution in [0.1, 0.15) is 11.3 Å². The van der Waals surface area contributed by atoms with Gasteiger partial charge in [-0.05, 0) is 42.5 Å². The zero-order chi connectivity index (χ0) is 19.4. The molecular formula is C19H14ClFN4OS. The van der Waals surface area contributed by atoms with Crippen molar-refractivity contribution in [1.29, 1.82) is 5.26 Å². The Morgan fingerprint density at radius 1 is 1.33 bits per heavy atom. The first-order chi connectivity index (χ1) is 13.0. The molecule has 3 aromatic rings. The van der Waals surface area contributed by atoms with Gasteiger partial charge in [-0.15, -0.1) is 11.3 Å². The number of carbonyl (C=O) groups is 1. The molecule has 0 unspecified atom stereocenters. The Morgan fingerprint density at radius 3 is 2.74 bits per heavy atom. The lowest BCUT2D eigenvalue weighted by molar-refractivity contribution is -0.115. The van der Waals surface area contributed by atoms with Crippen molar-refractivity contribution < 1.29 is 9.18 Å². The molecule has 27 heavy (non-hydrogen) atoms. The fraction of sp³-hybridized carbons (Fsp3) is 0.105. The molecule has 0 atom stereocenters. The average Bonchev–Trinajstić information content (AvgIpc) is 2.98. The second-order valence-electron chi connectivity index (χ2n) is 5.69. The van der Waals surface area contributed by atoms with Gasteiger partial charge in [-0.2, -0.15) is 5.26 Å². The van der Waals surface area contributed by atoms with E-state index in [1.165, 1.54) is 29.5 Å². The summed E-state index contributed by atoms with van der Waals surface area (Å²) in [7, 11) is 1.81. The van der Waals surface area contributed by atoms with Gasteiger partial charge in [-0.25, -0.2) is 9.38 Å². The highest BCUT2D eigenvalue weighted by atomic mass is 35.5. The van der Waals surface area contributed by atoms with Gasteiger partial charge in [0.2, 0.25) is 5.91 Å². The van der Waals surface area contributed by atoms with Gasteiger partial charge in [0.05, 0.1) is 28.8 Å². The first-order valence-electron chi connectivity index (χ1n) is 7.89. The van der Waals surface area contributed by atoms with Crippen LogP contribution < -0.4 is 10.1 Å². The van der Waals surface area contributed by atoms with Crippen LogP contribution in [0.2, 0.25) is 5.02 Å². The van der Waals surface area contributed by atoms with Gasteiger partial charge in [-0.3, -0.25) is 4.79 Å². The minimum Gasteiger partial charge on any atom is -0.326 e. The van der Waals surface area contributed by atoms with E-state index >= 15 is 0 Å². The molecule has 0 aliphatic rings. The molecule has 0 aliphatic carbocycles. The quantitative estimate of drug-likeness (QED) is 0.714. The molecule has 1 N–H and O–H groups in total. The van der Waals surface area contributed by atoms with Crippen molar-refractivity contribution in [2.24, 2.45) is 12.0 Å². The molecule has 0 radical (unpaired) electrons. The Balaban J connectivity index is 1.74. The molecule has 0 saturated carbocycles. The molecule has 0 spiro atoms. The van der Waals surface area contributed by atoms with Crippen LogP contribution in [0.4, 0.5) is 15.8 Å². The molecule has 0 bridgehead atoms. The van der Waals surface area contributed by atoms with Gasteiger partial charge in [0.1, 0.15) is 5.82 Å². The number of aromatic nitrogens is 1. The van der Waals surface area contributed by atoms with Gasteiger partial charge in [0.25, 0.3) is 0 Å². The lowest BCUT2D eigenvalue weighted by Crippen LogP contribution is -2.19. The number of nitrogens with one attached hydrogen (secondary N) is 1. The van der Waals surface area contributed by atoms with Crippen LogP contribution in [0.3, 0.4) is 0 Å². The molecule has 0 aliphatic heterocycles. The number of benzene rings is 2. The molecule has 8 heteroatoms. The highest BCUT2D eigenvalue weighted by molar-refractivity contribution is 7.07. The highest BCUT2D eigenvalue weighted by Crippen LogP contribution is 2.21. The van der Waals surface area contributed by atoms with E-state index in [-0.39, 0.29) is 17.4 Å². The first kappa shape index (κ1) is 18.8. The van der Waals surface area contributed by atoms with Crippen molar-refractivity contribution >= 4 is 40.2 Å². The summed E-state index contributed by atoms with van der Waals surface area (Å²) in [4.78, 5) is 17.4. The van der Waals surface area contributed by atoms with Crippen molar-refractivity contribution in [2.75, 3.05) is 5.32 Å². The predicted molar refractivity (Wildman–Crippen MR) is 103 cm³/mol. The summed E-state index contributed by atoms with van der Waals surface area (Å²) in [5, 5.41) is 13.5. The third-order valence-electron chi connectivity index (χ3n) is 3.79. The molecule has 5 nitrogen and oxygen atoms in total. The molecule has 0 saturated heterocycles. The predicted octanol–water partition coefficient (Wildman–Crippen LogP) is 4.16. The smallest absolute Gasteiger partial charge is 0.230 e. The molecule has 136 valence electrons. The van der Waals surface area contributed by atoms with Crippen LogP contribution in [0, 0.1) is 17.1 Å². The number of nitriles is 1. The Kier molecular flexibility index (Phi) is 5.69. The van der Waals surface area contributed by atoms with Crippen molar-refractivity contribution in [3.63, 3.8) is 0 Å². The Hall–Kier alpha value is -2.95.